The number of aromatic nitrogens is 2. The van der Waals surface area contributed by atoms with E-state index in [0.29, 0.717) is 0 Å². The molecule has 7 nitrogen and oxygen atoms in total. The largest absolute Gasteiger partial charge is 0.451 e. The third-order valence-electron chi connectivity index (χ3n) is 5.84. The Hall–Kier alpha value is -2.67. The standard InChI is InChI=1S/C18H20F7N7/c19-15(20)4-1-9(7-15)17(11-3-6-27-12(29-11)18(23,24)25)31-13(26)30-14(32-17)28-10-2-5-16(21,22)8-10/h3,6,9-10H,1-2,4-5,7-8H2,(H4,26,28,30,31,32). The first kappa shape index (κ1) is 22.5. The van der Waals surface area contributed by atoms with Crippen LogP contribution in [0.4, 0.5) is 30.7 Å². The third-order valence-corrected chi connectivity index (χ3v) is 5.84. The first-order valence-electron chi connectivity index (χ1n) is 9.93. The van der Waals surface area contributed by atoms with E-state index < -0.39 is 60.7 Å². The molecule has 0 aromatic carbocycles. The Morgan fingerprint density at radius 1 is 1.06 bits per heavy atom. The van der Waals surface area contributed by atoms with E-state index in [2.05, 4.69) is 30.6 Å². The van der Waals surface area contributed by atoms with Crippen molar-refractivity contribution in [3.8, 4) is 0 Å². The van der Waals surface area contributed by atoms with Gasteiger partial charge in [0.2, 0.25) is 23.6 Å². The Bertz CT molecular complexity index is 946. The summed E-state index contributed by atoms with van der Waals surface area (Å²) in [7, 11) is 0. The molecule has 2 heterocycles. The van der Waals surface area contributed by atoms with E-state index in [-0.39, 0.29) is 36.9 Å². The first-order valence-corrected chi connectivity index (χ1v) is 9.93. The van der Waals surface area contributed by atoms with Gasteiger partial charge < -0.3 is 11.1 Å². The van der Waals surface area contributed by atoms with Gasteiger partial charge in [0.25, 0.3) is 0 Å². The third kappa shape index (κ3) is 4.44. The second kappa shape index (κ2) is 7.44. The van der Waals surface area contributed by atoms with Crippen molar-refractivity contribution in [2.45, 2.75) is 68.3 Å². The summed E-state index contributed by atoms with van der Waals surface area (Å²) in [5, 5.41) is 5.31. The normalized spacial score (nSPS) is 33.0. The predicted molar refractivity (Wildman–Crippen MR) is 98.9 cm³/mol. The quantitative estimate of drug-likeness (QED) is 0.594. The number of nitrogens with one attached hydrogen (secondary N) is 2. The lowest BCUT2D eigenvalue weighted by Crippen LogP contribution is -2.62. The van der Waals surface area contributed by atoms with Gasteiger partial charge in [-0.25, -0.2) is 37.5 Å². The second-order valence-electron chi connectivity index (χ2n) is 8.30. The van der Waals surface area contributed by atoms with Crippen LogP contribution in [0.1, 0.15) is 50.0 Å². The highest BCUT2D eigenvalue weighted by atomic mass is 19.4. The smallest absolute Gasteiger partial charge is 0.370 e. The van der Waals surface area contributed by atoms with E-state index in [4.69, 9.17) is 5.73 Å². The number of rotatable bonds is 3. The van der Waals surface area contributed by atoms with Crippen molar-refractivity contribution >= 4 is 11.9 Å². The summed E-state index contributed by atoms with van der Waals surface area (Å²) in [5.41, 5.74) is 3.61. The van der Waals surface area contributed by atoms with Crippen LogP contribution in [0.3, 0.4) is 0 Å². The maximum absolute atomic E-state index is 14.1. The Morgan fingerprint density at radius 3 is 2.34 bits per heavy atom. The minimum absolute atomic E-state index is 0.0805. The van der Waals surface area contributed by atoms with Crippen LogP contribution in [0.25, 0.3) is 0 Å². The van der Waals surface area contributed by atoms with Crippen molar-refractivity contribution < 1.29 is 30.7 Å². The molecule has 0 saturated heterocycles. The number of hydrogen-bond donors (Lipinski definition) is 3. The number of nitrogens with two attached hydrogens (primary N) is 1. The minimum Gasteiger partial charge on any atom is -0.370 e. The predicted octanol–water partition coefficient (Wildman–Crippen LogP) is 3.13. The number of alkyl halides is 7. The van der Waals surface area contributed by atoms with Crippen molar-refractivity contribution in [1.82, 2.24) is 20.6 Å². The van der Waals surface area contributed by atoms with Crippen LogP contribution < -0.4 is 16.4 Å². The molecule has 0 bridgehead atoms. The number of halogens is 7. The Balaban J connectivity index is 1.77. The summed E-state index contributed by atoms with van der Waals surface area (Å²) < 4.78 is 94.9. The van der Waals surface area contributed by atoms with Crippen molar-refractivity contribution in [2.24, 2.45) is 21.6 Å². The van der Waals surface area contributed by atoms with E-state index >= 15 is 0 Å². The molecule has 2 saturated carbocycles. The summed E-state index contributed by atoms with van der Waals surface area (Å²) in [5.74, 6) is -8.86. The highest BCUT2D eigenvalue weighted by Gasteiger charge is 2.54. The monoisotopic (exact) mass is 467 g/mol. The fourth-order valence-electron chi connectivity index (χ4n) is 4.40. The Morgan fingerprint density at radius 2 is 1.75 bits per heavy atom. The zero-order chi connectivity index (χ0) is 23.4. The molecule has 14 heteroatoms. The van der Waals surface area contributed by atoms with Crippen LogP contribution in [-0.4, -0.2) is 39.8 Å². The molecule has 3 aliphatic rings. The van der Waals surface area contributed by atoms with Gasteiger partial charge in [-0.05, 0) is 18.9 Å². The number of guanidine groups is 2. The molecule has 4 rings (SSSR count). The fourth-order valence-corrected chi connectivity index (χ4v) is 4.40. The number of hydrogen-bond acceptors (Lipinski definition) is 5. The molecule has 4 N–H and O–H groups in total. The average Bonchev–Trinajstić information content (AvgIpc) is 3.21. The molecule has 2 aliphatic carbocycles. The molecule has 1 aliphatic heterocycles. The molecule has 32 heavy (non-hydrogen) atoms. The molecule has 1 aromatic heterocycles. The van der Waals surface area contributed by atoms with Gasteiger partial charge in [0.15, 0.2) is 11.6 Å². The Labute approximate surface area is 177 Å². The lowest BCUT2D eigenvalue weighted by Gasteiger charge is -2.40. The lowest BCUT2D eigenvalue weighted by atomic mass is 9.87. The van der Waals surface area contributed by atoms with E-state index in [1.165, 1.54) is 0 Å². The van der Waals surface area contributed by atoms with E-state index in [1.807, 2.05) is 0 Å². The molecular weight excluding hydrogens is 447 g/mol. The first-order chi connectivity index (χ1) is 14.8. The van der Waals surface area contributed by atoms with Crippen LogP contribution in [0.15, 0.2) is 22.2 Å². The van der Waals surface area contributed by atoms with Gasteiger partial charge in [-0.15, -0.1) is 0 Å². The maximum Gasteiger partial charge on any atom is 0.451 e. The van der Waals surface area contributed by atoms with Crippen molar-refractivity contribution in [1.29, 1.82) is 0 Å². The van der Waals surface area contributed by atoms with Crippen molar-refractivity contribution in [3.05, 3.63) is 23.8 Å². The highest BCUT2D eigenvalue weighted by molar-refractivity contribution is 6.00. The Kier molecular flexibility index (Phi) is 5.24. The van der Waals surface area contributed by atoms with E-state index in [1.54, 1.807) is 0 Å². The van der Waals surface area contributed by atoms with Crippen LogP contribution in [-0.2, 0) is 11.8 Å². The summed E-state index contributed by atoms with van der Waals surface area (Å²) in [4.78, 5) is 15.1. The van der Waals surface area contributed by atoms with Crippen LogP contribution >= 0.6 is 0 Å². The molecular formula is C18H20F7N7. The van der Waals surface area contributed by atoms with Crippen LogP contribution in [0, 0.1) is 5.92 Å². The van der Waals surface area contributed by atoms with Gasteiger partial charge in [0.05, 0.1) is 11.7 Å². The second-order valence-corrected chi connectivity index (χ2v) is 8.30. The molecule has 0 spiro atoms. The number of nitrogens with zero attached hydrogens (tertiary/aromatic N) is 4. The molecule has 3 atom stereocenters. The zero-order valence-corrected chi connectivity index (χ0v) is 16.6. The van der Waals surface area contributed by atoms with Crippen LogP contribution in [0.2, 0.25) is 0 Å². The summed E-state index contributed by atoms with van der Waals surface area (Å²) in [6, 6.07) is 0.340. The summed E-state index contributed by atoms with van der Waals surface area (Å²) >= 11 is 0. The SMILES string of the molecule is NC1=NC(c2ccnc(C(F)(F)F)n2)(C2CCC(F)(F)C2)NC(=NC2CCC(F)(F)C2)N1. The molecule has 176 valence electrons. The minimum atomic E-state index is -4.88. The highest BCUT2D eigenvalue weighted by Crippen LogP contribution is 2.48. The molecule has 2 fully saturated rings. The summed E-state index contributed by atoms with van der Waals surface area (Å²) in [6.45, 7) is 0. The van der Waals surface area contributed by atoms with Gasteiger partial charge in [0.1, 0.15) is 0 Å². The molecule has 3 unspecified atom stereocenters. The molecule has 0 amide bonds. The van der Waals surface area contributed by atoms with Gasteiger partial charge >= 0.3 is 6.18 Å². The van der Waals surface area contributed by atoms with E-state index in [9.17, 15) is 30.7 Å². The van der Waals surface area contributed by atoms with Crippen molar-refractivity contribution in [3.63, 3.8) is 0 Å². The van der Waals surface area contributed by atoms with Gasteiger partial charge in [-0.1, -0.05) is 0 Å². The summed E-state index contributed by atoms with van der Waals surface area (Å²) in [6.07, 6.45) is -6.10. The van der Waals surface area contributed by atoms with Gasteiger partial charge in [-0.3, -0.25) is 5.32 Å². The molecule has 1 aromatic rings. The van der Waals surface area contributed by atoms with Crippen LogP contribution in [0.5, 0.6) is 0 Å². The lowest BCUT2D eigenvalue weighted by molar-refractivity contribution is -0.145. The molecule has 0 radical (unpaired) electrons. The fraction of sp³-hybridized carbons (Fsp3) is 0.667. The number of aliphatic imine (C=N–C) groups is 2. The van der Waals surface area contributed by atoms with Gasteiger partial charge in [-0.2, -0.15) is 13.2 Å². The van der Waals surface area contributed by atoms with Gasteiger partial charge in [0, 0.05) is 37.8 Å². The van der Waals surface area contributed by atoms with E-state index in [0.717, 1.165) is 12.3 Å². The maximum atomic E-state index is 14.1. The van der Waals surface area contributed by atoms with Crippen molar-refractivity contribution in [2.75, 3.05) is 0 Å². The topological polar surface area (TPSA) is 101 Å². The average molecular weight is 467 g/mol. The zero-order valence-electron chi connectivity index (χ0n) is 16.6.